The van der Waals surface area contributed by atoms with E-state index in [9.17, 15) is 9.90 Å². The summed E-state index contributed by atoms with van der Waals surface area (Å²) in [4.78, 5) is 11.9. The number of furan rings is 1. The summed E-state index contributed by atoms with van der Waals surface area (Å²) in [6.07, 6.45) is 1.78. The van der Waals surface area contributed by atoms with Crippen LogP contribution in [0, 0.1) is 18.8 Å². The number of benzene rings is 1. The van der Waals surface area contributed by atoms with Crippen LogP contribution in [0.5, 0.6) is 0 Å². The molecule has 0 amide bonds. The Kier molecular flexibility index (Phi) is 4.64. The highest BCUT2D eigenvalue weighted by molar-refractivity contribution is 6.35. The number of fused-ring (bicyclic) bond motifs is 1. The Morgan fingerprint density at radius 1 is 1.48 bits per heavy atom. The first-order valence-corrected chi connectivity index (χ1v) is 8.43. The van der Waals surface area contributed by atoms with E-state index in [0.717, 1.165) is 24.0 Å². The SMILES string of the molecule is CCCCOC(=O)[C@H]1C[C@@H]1C(O)c1cc(Cl)c2cc(C)oc2c1. The van der Waals surface area contributed by atoms with Gasteiger partial charge in [-0.3, -0.25) is 4.79 Å². The Morgan fingerprint density at radius 2 is 2.26 bits per heavy atom. The van der Waals surface area contributed by atoms with Gasteiger partial charge >= 0.3 is 5.97 Å². The fraction of sp³-hybridized carbons (Fsp3) is 0.500. The summed E-state index contributed by atoms with van der Waals surface area (Å²) >= 11 is 6.27. The van der Waals surface area contributed by atoms with E-state index < -0.39 is 6.10 Å². The summed E-state index contributed by atoms with van der Waals surface area (Å²) in [6, 6.07) is 5.43. The van der Waals surface area contributed by atoms with E-state index in [0.29, 0.717) is 29.2 Å². The van der Waals surface area contributed by atoms with Gasteiger partial charge in [-0.1, -0.05) is 24.9 Å². The predicted molar refractivity (Wildman–Crippen MR) is 88.4 cm³/mol. The van der Waals surface area contributed by atoms with E-state index in [1.54, 1.807) is 12.1 Å². The smallest absolute Gasteiger partial charge is 0.309 e. The number of aliphatic hydroxyl groups excluding tert-OH is 1. The third-order valence-corrected chi connectivity index (χ3v) is 4.68. The lowest BCUT2D eigenvalue weighted by Crippen LogP contribution is -2.12. The van der Waals surface area contributed by atoms with Crippen molar-refractivity contribution >= 4 is 28.5 Å². The minimum absolute atomic E-state index is 0.103. The molecule has 1 aliphatic carbocycles. The van der Waals surface area contributed by atoms with Gasteiger partial charge in [0.25, 0.3) is 0 Å². The largest absolute Gasteiger partial charge is 0.465 e. The van der Waals surface area contributed by atoms with Crippen molar-refractivity contribution in [3.05, 3.63) is 34.5 Å². The number of carbonyl (C=O) groups is 1. The minimum Gasteiger partial charge on any atom is -0.465 e. The Labute approximate surface area is 140 Å². The molecule has 0 radical (unpaired) electrons. The summed E-state index contributed by atoms with van der Waals surface area (Å²) in [6.45, 7) is 4.36. The maximum atomic E-state index is 11.9. The second kappa shape index (κ2) is 6.54. The molecule has 1 aromatic carbocycles. The molecule has 4 nitrogen and oxygen atoms in total. The third kappa shape index (κ3) is 3.38. The molecule has 3 rings (SSSR count). The Balaban J connectivity index is 1.69. The van der Waals surface area contributed by atoms with Crippen molar-refractivity contribution in [2.75, 3.05) is 6.61 Å². The van der Waals surface area contributed by atoms with E-state index >= 15 is 0 Å². The summed E-state index contributed by atoms with van der Waals surface area (Å²) in [7, 11) is 0. The van der Waals surface area contributed by atoms with Crippen LogP contribution in [-0.4, -0.2) is 17.7 Å². The highest BCUT2D eigenvalue weighted by atomic mass is 35.5. The molecule has 0 saturated heterocycles. The molecule has 0 bridgehead atoms. The quantitative estimate of drug-likeness (QED) is 0.627. The molecule has 1 N–H and O–H groups in total. The van der Waals surface area contributed by atoms with Crippen molar-refractivity contribution in [1.82, 2.24) is 0 Å². The molecule has 1 saturated carbocycles. The number of hydrogen-bond acceptors (Lipinski definition) is 4. The Bertz CT molecular complexity index is 721. The van der Waals surface area contributed by atoms with Gasteiger partial charge in [-0.15, -0.1) is 0 Å². The van der Waals surface area contributed by atoms with Crippen LogP contribution in [0.2, 0.25) is 5.02 Å². The maximum Gasteiger partial charge on any atom is 0.309 e. The highest BCUT2D eigenvalue weighted by Gasteiger charge is 2.49. The minimum atomic E-state index is -0.731. The first-order chi connectivity index (χ1) is 11.0. The van der Waals surface area contributed by atoms with Crippen LogP contribution in [0.1, 0.15) is 43.6 Å². The third-order valence-electron chi connectivity index (χ3n) is 4.36. The first kappa shape index (κ1) is 16.3. The molecular formula is C18H21ClO4. The average molecular weight is 337 g/mol. The number of rotatable bonds is 6. The van der Waals surface area contributed by atoms with Gasteiger partial charge in [-0.05, 0) is 43.5 Å². The molecule has 124 valence electrons. The van der Waals surface area contributed by atoms with Crippen molar-refractivity contribution < 1.29 is 19.1 Å². The van der Waals surface area contributed by atoms with Gasteiger partial charge in [0.2, 0.25) is 0 Å². The van der Waals surface area contributed by atoms with E-state index in [-0.39, 0.29) is 17.8 Å². The van der Waals surface area contributed by atoms with E-state index in [2.05, 4.69) is 0 Å². The van der Waals surface area contributed by atoms with E-state index in [1.165, 1.54) is 0 Å². The van der Waals surface area contributed by atoms with Crippen LogP contribution in [0.4, 0.5) is 0 Å². The zero-order valence-corrected chi connectivity index (χ0v) is 14.1. The van der Waals surface area contributed by atoms with Gasteiger partial charge in [0.15, 0.2) is 0 Å². The zero-order chi connectivity index (χ0) is 16.6. The number of halogens is 1. The van der Waals surface area contributed by atoms with E-state index in [4.69, 9.17) is 20.8 Å². The maximum absolute atomic E-state index is 11.9. The molecule has 1 heterocycles. The van der Waals surface area contributed by atoms with Crippen LogP contribution in [0.15, 0.2) is 22.6 Å². The first-order valence-electron chi connectivity index (χ1n) is 8.05. The predicted octanol–water partition coefficient (Wildman–Crippen LogP) is 4.41. The number of aliphatic hydroxyl groups is 1. The highest BCUT2D eigenvalue weighted by Crippen LogP contribution is 2.49. The van der Waals surface area contributed by atoms with Crippen LogP contribution >= 0.6 is 11.6 Å². The summed E-state index contributed by atoms with van der Waals surface area (Å²) in [5.41, 5.74) is 1.34. The van der Waals surface area contributed by atoms with Crippen LogP contribution in [0.3, 0.4) is 0 Å². The number of aryl methyl sites for hydroxylation is 1. The van der Waals surface area contributed by atoms with Crippen molar-refractivity contribution in [3.8, 4) is 0 Å². The lowest BCUT2D eigenvalue weighted by atomic mass is 10.0. The van der Waals surface area contributed by atoms with Gasteiger partial charge in [0, 0.05) is 11.3 Å². The molecule has 23 heavy (non-hydrogen) atoms. The molecule has 2 aromatic rings. The van der Waals surface area contributed by atoms with Crippen molar-refractivity contribution in [1.29, 1.82) is 0 Å². The summed E-state index contributed by atoms with van der Waals surface area (Å²) in [5, 5.41) is 11.9. The average Bonchev–Trinajstić information content (AvgIpc) is 3.22. The van der Waals surface area contributed by atoms with Gasteiger partial charge < -0.3 is 14.3 Å². The van der Waals surface area contributed by atoms with Gasteiger partial charge in [-0.25, -0.2) is 0 Å². The number of esters is 1. The lowest BCUT2D eigenvalue weighted by molar-refractivity contribution is -0.146. The van der Waals surface area contributed by atoms with Gasteiger partial charge in [0.1, 0.15) is 11.3 Å². The van der Waals surface area contributed by atoms with Crippen molar-refractivity contribution in [2.45, 2.75) is 39.2 Å². The van der Waals surface area contributed by atoms with Crippen molar-refractivity contribution in [2.24, 2.45) is 11.8 Å². The molecule has 1 aromatic heterocycles. The zero-order valence-electron chi connectivity index (χ0n) is 13.3. The number of ether oxygens (including phenoxy) is 1. The topological polar surface area (TPSA) is 59.7 Å². The second-order valence-corrected chi connectivity index (χ2v) is 6.65. The molecule has 1 fully saturated rings. The number of hydrogen-bond donors (Lipinski definition) is 1. The van der Waals surface area contributed by atoms with E-state index in [1.807, 2.05) is 19.9 Å². The Hall–Kier alpha value is -1.52. The molecule has 3 atom stereocenters. The van der Waals surface area contributed by atoms with Crippen LogP contribution in [-0.2, 0) is 9.53 Å². The van der Waals surface area contributed by atoms with Crippen molar-refractivity contribution in [3.63, 3.8) is 0 Å². The fourth-order valence-electron chi connectivity index (χ4n) is 2.92. The monoisotopic (exact) mass is 336 g/mol. The lowest BCUT2D eigenvalue weighted by Gasteiger charge is -2.11. The molecular weight excluding hydrogens is 316 g/mol. The van der Waals surface area contributed by atoms with Crippen LogP contribution < -0.4 is 0 Å². The van der Waals surface area contributed by atoms with Crippen LogP contribution in [0.25, 0.3) is 11.0 Å². The van der Waals surface area contributed by atoms with Gasteiger partial charge in [-0.2, -0.15) is 0 Å². The number of unbranched alkanes of at least 4 members (excludes halogenated alkanes) is 1. The molecule has 0 aliphatic heterocycles. The normalized spacial score (nSPS) is 21.4. The fourth-order valence-corrected chi connectivity index (χ4v) is 3.19. The second-order valence-electron chi connectivity index (χ2n) is 6.24. The Morgan fingerprint density at radius 3 is 3.00 bits per heavy atom. The summed E-state index contributed by atoms with van der Waals surface area (Å²) in [5.74, 6) is 0.254. The molecule has 1 unspecified atom stereocenters. The molecule has 0 spiro atoms. The molecule has 5 heteroatoms. The summed E-state index contributed by atoms with van der Waals surface area (Å²) < 4.78 is 10.8. The molecule has 1 aliphatic rings. The standard InChI is InChI=1S/C18H21ClO4/c1-3-4-5-22-18(21)13-9-12(13)17(20)11-7-15(19)14-6-10(2)23-16(14)8-11/h6-8,12-13,17,20H,3-5,9H2,1-2H3/t12-,13-,17?/m0/s1. The number of carbonyl (C=O) groups excluding carboxylic acids is 1. The van der Waals surface area contributed by atoms with Gasteiger partial charge in [0.05, 0.1) is 23.7 Å².